The van der Waals surface area contributed by atoms with Crippen molar-refractivity contribution in [3.8, 4) is 44.5 Å². The van der Waals surface area contributed by atoms with Crippen molar-refractivity contribution in [1.29, 1.82) is 0 Å². The Morgan fingerprint density at radius 1 is 0.156 bits per heavy atom. The smallest absolute Gasteiger partial charge is 0.0587 e. The molecule has 520 valence electrons. The van der Waals surface area contributed by atoms with E-state index in [1.54, 1.807) is 0 Å². The molecule has 0 fully saturated rings. The van der Waals surface area contributed by atoms with Gasteiger partial charge in [0.1, 0.15) is 0 Å². The van der Waals surface area contributed by atoms with Gasteiger partial charge in [0.05, 0.1) is 0 Å². The minimum Gasteiger partial charge on any atom is -0.0587 e. The quantitative estimate of drug-likeness (QED) is 0.0527. The topological polar surface area (TPSA) is 0 Å². The van der Waals surface area contributed by atoms with Crippen LogP contribution in [0.15, 0.2) is 413 Å². The number of hydrogen-bond donors (Lipinski definition) is 0. The van der Waals surface area contributed by atoms with Gasteiger partial charge in [-0.1, -0.05) is 95.1 Å². The molecule has 16 rings (SSSR count). The molecule has 0 saturated carbocycles. The summed E-state index contributed by atoms with van der Waals surface area (Å²) in [5.41, 5.74) is 33.2. The van der Waals surface area contributed by atoms with Crippen LogP contribution in [0.25, 0.3) is 91.1 Å². The molecule has 1 heteroatoms. The molecule has 0 saturated heterocycles. The van der Waals surface area contributed by atoms with Crippen LogP contribution in [0.5, 0.6) is 0 Å². The van der Waals surface area contributed by atoms with Crippen LogP contribution >= 0.6 is 0 Å². The molecule has 0 atom stereocenters. The Bertz CT molecular complexity index is 5110. The molecule has 16 aromatic rings. The molecule has 0 aliphatic carbocycles. The van der Waals surface area contributed by atoms with Crippen molar-refractivity contribution < 1.29 is 0 Å². The first-order chi connectivity index (χ1) is 53.6. The summed E-state index contributed by atoms with van der Waals surface area (Å²) in [4.78, 5) is 0. The predicted molar refractivity (Wildman–Crippen MR) is 470 cm³/mol. The van der Waals surface area contributed by atoms with Crippen molar-refractivity contribution >= 4 is 77.4 Å². The van der Waals surface area contributed by atoms with Crippen LogP contribution in [0.2, 0.25) is 0 Å². The Labute approximate surface area is 646 Å². The van der Waals surface area contributed by atoms with Crippen LogP contribution < -0.4 is 17.6 Å². The second-order valence-electron chi connectivity index (χ2n) is 28.7. The third-order valence-electron chi connectivity index (χ3n) is 21.3. The van der Waals surface area contributed by atoms with Gasteiger partial charge in [-0.3, -0.25) is 0 Å². The van der Waals surface area contributed by atoms with E-state index in [0.29, 0.717) is 0 Å². The average molecular weight is 1450 g/mol. The van der Waals surface area contributed by atoms with E-state index in [0.717, 1.165) is 0 Å². The molecule has 0 N–H and O–H groups in total. The summed E-state index contributed by atoms with van der Waals surface area (Å²) in [6, 6.07) is 154. The Kier molecular flexibility index (Phi) is 20.9. The molecular formula is C108H84Ge. The van der Waals surface area contributed by atoms with Gasteiger partial charge in [-0.15, -0.1) is 0 Å². The predicted octanol–water partition coefficient (Wildman–Crippen LogP) is 25.3. The molecule has 0 heterocycles. The summed E-state index contributed by atoms with van der Waals surface area (Å²) >= 11 is -4.08. The zero-order chi connectivity index (χ0) is 73.9. The molecule has 0 unspecified atom stereocenters. The van der Waals surface area contributed by atoms with Crippen LogP contribution in [0.1, 0.15) is 89.0 Å². The number of aryl methyl sites for hydroxylation is 4. The first kappa shape index (κ1) is 70.3. The molecule has 0 aliphatic rings. The van der Waals surface area contributed by atoms with Crippen molar-refractivity contribution in [3.05, 3.63) is 502 Å². The summed E-state index contributed by atoms with van der Waals surface area (Å²) in [6.07, 6.45) is 9.25. The van der Waals surface area contributed by atoms with Crippen molar-refractivity contribution in [2.75, 3.05) is 0 Å². The van der Waals surface area contributed by atoms with E-state index in [1.807, 2.05) is 0 Å². The van der Waals surface area contributed by atoms with Gasteiger partial charge in [-0.2, -0.15) is 0 Å². The maximum atomic E-state index is 2.46. The van der Waals surface area contributed by atoms with Crippen LogP contribution in [0, 0.1) is 27.7 Å². The number of rotatable bonds is 20. The van der Waals surface area contributed by atoms with Gasteiger partial charge in [0, 0.05) is 0 Å². The van der Waals surface area contributed by atoms with Gasteiger partial charge in [0.15, 0.2) is 0 Å². The Morgan fingerprint density at radius 3 is 0.468 bits per heavy atom. The Hall–Kier alpha value is -13.0. The average Bonchev–Trinajstić information content (AvgIpc) is 0.727. The van der Waals surface area contributed by atoms with Gasteiger partial charge >= 0.3 is 528 Å². The Balaban J connectivity index is 0.815. The minimum absolute atomic E-state index is 1.17. The van der Waals surface area contributed by atoms with Crippen LogP contribution in [0.3, 0.4) is 0 Å². The van der Waals surface area contributed by atoms with E-state index in [1.165, 1.54) is 173 Å². The van der Waals surface area contributed by atoms with E-state index in [9.17, 15) is 0 Å². The van der Waals surface area contributed by atoms with Gasteiger partial charge in [0.2, 0.25) is 0 Å². The fourth-order valence-electron chi connectivity index (χ4n) is 15.1. The fraction of sp³-hybridized carbons (Fsp3) is 0.0370. The van der Waals surface area contributed by atoms with E-state index in [2.05, 4.69) is 465 Å². The molecule has 0 radical (unpaired) electrons. The molecule has 0 nitrogen and oxygen atoms in total. The summed E-state index contributed by atoms with van der Waals surface area (Å²) in [5, 5.41) is 0. The van der Waals surface area contributed by atoms with E-state index < -0.39 is 13.3 Å². The van der Waals surface area contributed by atoms with Crippen LogP contribution in [-0.4, -0.2) is 13.3 Å². The van der Waals surface area contributed by atoms with Crippen molar-refractivity contribution in [2.24, 2.45) is 0 Å². The molecule has 0 bridgehead atoms. The maximum absolute atomic E-state index is 4.08. The van der Waals surface area contributed by atoms with E-state index in [-0.39, 0.29) is 0 Å². The number of benzene rings is 16. The van der Waals surface area contributed by atoms with Crippen molar-refractivity contribution in [2.45, 2.75) is 27.7 Å². The van der Waals surface area contributed by atoms with Gasteiger partial charge in [-0.25, -0.2) is 0 Å². The molecule has 109 heavy (non-hydrogen) atoms. The number of hydrogen-bond acceptors (Lipinski definition) is 0. The first-order valence-corrected chi connectivity index (χ1v) is 42.0. The second-order valence-corrected chi connectivity index (χ2v) is 36.7. The third-order valence-corrected chi connectivity index (χ3v) is 31.3. The summed E-state index contributed by atoms with van der Waals surface area (Å²) < 4.78 is 5.37. The van der Waals surface area contributed by atoms with E-state index >= 15 is 0 Å². The van der Waals surface area contributed by atoms with Crippen molar-refractivity contribution in [3.63, 3.8) is 0 Å². The molecule has 0 aromatic heterocycles. The van der Waals surface area contributed by atoms with Gasteiger partial charge < -0.3 is 0 Å². The Morgan fingerprint density at radius 2 is 0.303 bits per heavy atom. The molecule has 0 amide bonds. The molecular weight excluding hydrogens is 1370 g/mol. The molecule has 0 spiro atoms. The fourth-order valence-corrected chi connectivity index (χ4v) is 24.9. The summed E-state index contributed by atoms with van der Waals surface area (Å²) in [5.74, 6) is 0. The second kappa shape index (κ2) is 32.4. The van der Waals surface area contributed by atoms with Crippen LogP contribution in [-0.2, 0) is 0 Å². The van der Waals surface area contributed by atoms with Gasteiger partial charge in [-0.05, 0) is 27.7 Å². The minimum atomic E-state index is -4.08. The first-order valence-electron chi connectivity index (χ1n) is 37.8. The summed E-state index contributed by atoms with van der Waals surface area (Å²) in [7, 11) is 0. The summed E-state index contributed by atoms with van der Waals surface area (Å²) in [6.45, 7) is 8.57. The molecule has 0 aliphatic heterocycles. The molecule has 16 aromatic carbocycles. The van der Waals surface area contributed by atoms with Crippen molar-refractivity contribution in [1.82, 2.24) is 0 Å². The zero-order valence-corrected chi connectivity index (χ0v) is 64.2. The SMILES string of the molecule is Cc1ccc(/C=C(/c2ccccc2)c2ccc(-c3cc[c]([Ge]([c]4ccc(-c5ccc(/C(=C\c6ccc(C)cc6)c6ccccc6)cc5)cc4)([c]4ccc(-c5ccc(/C(=C\c6ccc(C)cc6)c6ccccc6)cc5)cc4)[c]4ccc(-c5ccc(/C(=C\c6ccc(C)cc6)c6ccccc6)cc5)cc4)cc3)cc2)cc1. The zero-order valence-electron chi connectivity index (χ0n) is 62.1. The van der Waals surface area contributed by atoms with Crippen LogP contribution in [0.4, 0.5) is 0 Å². The third kappa shape index (κ3) is 16.0. The van der Waals surface area contributed by atoms with Gasteiger partial charge in [0.25, 0.3) is 0 Å². The normalized spacial score (nSPS) is 12.1. The standard InChI is InChI=1S/C108H84Ge/c1-77-25-33-81(34-26-77)73-105(93-17-9-5-10-18-93)97-49-41-85(42-50-97)89-57-65-101(66-58-89)109(102-67-59-90(60-68-102)86-43-51-98(52-44-86)106(94-19-11-6-12-20-94)74-82-35-27-78(2)28-36-82,103-69-61-91(62-70-103)87-45-53-99(54-46-87)107(95-21-13-7-14-22-95)75-83-37-29-79(3)30-38-83)104-71-63-92(64-72-104)88-47-55-100(56-48-88)108(96-23-15-8-16-24-96)76-84-39-31-80(4)32-40-84/h5-76H,1-4H3/b105-73-,106-74-,107-75-,108-76-. The van der Waals surface area contributed by atoms with E-state index in [4.69, 9.17) is 0 Å². The monoisotopic (exact) mass is 1450 g/mol.